The summed E-state index contributed by atoms with van der Waals surface area (Å²) in [5, 5.41) is 11.7. The highest BCUT2D eigenvalue weighted by Crippen LogP contribution is 2.44. The summed E-state index contributed by atoms with van der Waals surface area (Å²) in [6.45, 7) is 13.0. The Balaban J connectivity index is 1.74. The van der Waals surface area contributed by atoms with E-state index in [4.69, 9.17) is 30.2 Å². The van der Waals surface area contributed by atoms with Crippen molar-refractivity contribution in [3.05, 3.63) is 50.7 Å². The normalized spacial score (nSPS) is 21.3. The van der Waals surface area contributed by atoms with Gasteiger partial charge in [0.25, 0.3) is 0 Å². The van der Waals surface area contributed by atoms with Crippen LogP contribution >= 0.6 is 22.9 Å². The average molecular weight is 611 g/mol. The lowest BCUT2D eigenvalue weighted by Gasteiger charge is -2.40. The maximum absolute atomic E-state index is 11.8. The topological polar surface area (TPSA) is 91.3 Å². The van der Waals surface area contributed by atoms with Gasteiger partial charge in [-0.15, -0.1) is 11.3 Å². The summed E-state index contributed by atoms with van der Waals surface area (Å²) in [5.41, 5.74) is 0.747. The number of halogens is 1. The first-order valence-electron chi connectivity index (χ1n) is 13.8. The number of thiophene rings is 1. The molecule has 0 aliphatic heterocycles. The molecule has 0 bridgehead atoms. The lowest BCUT2D eigenvalue weighted by molar-refractivity contribution is -0.142. The minimum absolute atomic E-state index is 0.00556. The number of rotatable bonds is 12. The summed E-state index contributed by atoms with van der Waals surface area (Å²) < 4.78 is 23.1. The van der Waals surface area contributed by atoms with Crippen LogP contribution in [0.2, 0.25) is 23.2 Å². The fourth-order valence-electron chi connectivity index (χ4n) is 4.88. The summed E-state index contributed by atoms with van der Waals surface area (Å²) in [7, 11) is -0.706. The van der Waals surface area contributed by atoms with Gasteiger partial charge in [0.15, 0.2) is 8.32 Å². The van der Waals surface area contributed by atoms with Crippen LogP contribution in [0.4, 0.5) is 0 Å². The van der Waals surface area contributed by atoms with Crippen LogP contribution in [0.3, 0.4) is 0 Å². The minimum Gasteiger partial charge on any atom is -0.493 e. The number of carbonyl (C=O) groups is 2. The number of hydrogen-bond acceptors (Lipinski definition) is 8. The van der Waals surface area contributed by atoms with Gasteiger partial charge in [-0.25, -0.2) is 4.79 Å². The summed E-state index contributed by atoms with van der Waals surface area (Å²) in [6, 6.07) is 9.10. The van der Waals surface area contributed by atoms with E-state index in [9.17, 15) is 14.7 Å². The third-order valence-electron chi connectivity index (χ3n) is 8.07. The molecule has 0 spiro atoms. The van der Waals surface area contributed by atoms with E-state index in [1.54, 1.807) is 18.2 Å². The van der Waals surface area contributed by atoms with Gasteiger partial charge >= 0.3 is 11.9 Å². The smallest absolute Gasteiger partial charge is 0.348 e. The Morgan fingerprint density at radius 2 is 1.88 bits per heavy atom. The van der Waals surface area contributed by atoms with Crippen molar-refractivity contribution in [2.75, 3.05) is 13.7 Å². The first-order valence-corrected chi connectivity index (χ1v) is 17.9. The molecule has 1 N–H and O–H groups in total. The molecule has 0 radical (unpaired) electrons. The van der Waals surface area contributed by atoms with E-state index in [0.29, 0.717) is 28.7 Å². The standard InChI is InChI=1S/C30H43ClO7SSi/c1-19(32)36-17-20-13-21(31)15-22(14-20)37-18-25-24(10-8-9-23-11-12-28(39-23)29(34)35-5)26(33)16-27(25)38-40(6,7)30(2,3)4/h11-15,24-27,33H,8-10,16-18H2,1-7H3/t24-,25-,26+,27+/m1/s1. The molecule has 3 rings (SSSR count). The molecule has 10 heteroatoms. The quantitative estimate of drug-likeness (QED) is 0.203. The molecule has 1 fully saturated rings. The Morgan fingerprint density at radius 1 is 1.15 bits per heavy atom. The molecule has 0 amide bonds. The first kappa shape index (κ1) is 32.6. The van der Waals surface area contributed by atoms with Gasteiger partial charge in [-0.2, -0.15) is 0 Å². The van der Waals surface area contributed by atoms with Gasteiger partial charge in [-0.05, 0) is 85.6 Å². The van der Waals surface area contributed by atoms with E-state index >= 15 is 0 Å². The molecule has 1 aliphatic rings. The molecule has 0 unspecified atom stereocenters. The van der Waals surface area contributed by atoms with Crippen molar-refractivity contribution in [2.24, 2.45) is 11.8 Å². The van der Waals surface area contributed by atoms with E-state index in [2.05, 4.69) is 33.9 Å². The molecule has 40 heavy (non-hydrogen) atoms. The summed E-state index contributed by atoms with van der Waals surface area (Å²) in [4.78, 5) is 24.8. The summed E-state index contributed by atoms with van der Waals surface area (Å²) in [5.74, 6) is -0.0828. The predicted molar refractivity (Wildman–Crippen MR) is 161 cm³/mol. The third-order valence-corrected chi connectivity index (χ3v) is 13.9. The van der Waals surface area contributed by atoms with E-state index in [-0.39, 0.29) is 41.5 Å². The lowest BCUT2D eigenvalue weighted by atomic mass is 9.89. The number of ether oxygens (including phenoxy) is 3. The Hall–Kier alpha value is -1.91. The van der Waals surface area contributed by atoms with Gasteiger partial charge in [-0.1, -0.05) is 32.4 Å². The number of carbonyl (C=O) groups excluding carboxylic acids is 2. The Morgan fingerprint density at radius 3 is 2.52 bits per heavy atom. The molecule has 0 saturated heterocycles. The Bertz CT molecular complexity index is 1160. The molecule has 1 saturated carbocycles. The number of aliphatic hydroxyl groups is 1. The fraction of sp³-hybridized carbons (Fsp3) is 0.600. The molecular weight excluding hydrogens is 568 g/mol. The van der Waals surface area contributed by atoms with E-state index in [0.717, 1.165) is 29.7 Å². The molecule has 2 aromatic rings. The zero-order valence-electron chi connectivity index (χ0n) is 24.6. The largest absolute Gasteiger partial charge is 0.493 e. The van der Waals surface area contributed by atoms with Gasteiger partial charge in [-0.3, -0.25) is 4.79 Å². The Kier molecular flexibility index (Phi) is 11.3. The first-order chi connectivity index (χ1) is 18.7. The maximum Gasteiger partial charge on any atom is 0.348 e. The van der Waals surface area contributed by atoms with Gasteiger partial charge in [0.1, 0.15) is 17.2 Å². The van der Waals surface area contributed by atoms with E-state index in [1.807, 2.05) is 12.1 Å². The van der Waals surface area contributed by atoms with Crippen LogP contribution in [-0.2, 0) is 31.7 Å². The lowest BCUT2D eigenvalue weighted by Crippen LogP contribution is -2.46. The SMILES string of the molecule is COC(=O)c1ccc(CCC[C@@H]2[C@@H](COc3cc(Cl)cc(COC(C)=O)c3)[C@@H](O[Si](C)(C)C(C)(C)C)C[C@@H]2O)s1. The molecular formula is C30H43ClO7SSi. The van der Waals surface area contributed by atoms with Crippen molar-refractivity contribution < 1.29 is 33.3 Å². The number of benzene rings is 1. The number of esters is 2. The zero-order valence-corrected chi connectivity index (χ0v) is 27.2. The second-order valence-electron chi connectivity index (χ2n) is 12.1. The van der Waals surface area contributed by atoms with Gasteiger partial charge in [0.2, 0.25) is 0 Å². The number of methoxy groups -OCH3 is 1. The molecule has 4 atom stereocenters. The van der Waals surface area contributed by atoms with E-state index < -0.39 is 14.4 Å². The molecule has 1 aromatic heterocycles. The van der Waals surface area contributed by atoms with E-state index in [1.165, 1.54) is 25.4 Å². The summed E-state index contributed by atoms with van der Waals surface area (Å²) in [6.07, 6.45) is 2.47. The number of hydrogen-bond donors (Lipinski definition) is 1. The van der Waals surface area contributed by atoms with Crippen molar-refractivity contribution in [1.29, 1.82) is 0 Å². The van der Waals surface area contributed by atoms with Crippen LogP contribution in [0.15, 0.2) is 30.3 Å². The second-order valence-corrected chi connectivity index (χ2v) is 18.4. The monoisotopic (exact) mass is 610 g/mol. The average Bonchev–Trinajstić information content (AvgIpc) is 3.44. The fourth-order valence-corrected chi connectivity index (χ4v) is 7.47. The minimum atomic E-state index is -2.09. The summed E-state index contributed by atoms with van der Waals surface area (Å²) >= 11 is 7.78. The van der Waals surface area contributed by atoms with Crippen LogP contribution in [0, 0.1) is 11.8 Å². The van der Waals surface area contributed by atoms with Crippen molar-refractivity contribution in [3.8, 4) is 5.75 Å². The van der Waals surface area contributed by atoms with Crippen molar-refractivity contribution >= 4 is 43.2 Å². The highest BCUT2D eigenvalue weighted by Gasteiger charge is 2.48. The third kappa shape index (κ3) is 8.79. The van der Waals surface area contributed by atoms with Crippen LogP contribution in [-0.4, -0.2) is 51.3 Å². The van der Waals surface area contributed by atoms with Gasteiger partial charge in [0.05, 0.1) is 25.9 Å². The highest BCUT2D eigenvalue weighted by molar-refractivity contribution is 7.13. The molecule has 1 heterocycles. The molecule has 1 aliphatic carbocycles. The molecule has 1 aromatic carbocycles. The van der Waals surface area contributed by atoms with Crippen molar-refractivity contribution in [2.45, 2.75) is 90.3 Å². The maximum atomic E-state index is 11.8. The predicted octanol–water partition coefficient (Wildman–Crippen LogP) is 7.04. The molecule has 222 valence electrons. The van der Waals surface area contributed by atoms with Crippen LogP contribution in [0.5, 0.6) is 5.75 Å². The van der Waals surface area contributed by atoms with Crippen LogP contribution in [0.1, 0.15) is 67.1 Å². The number of aryl methyl sites for hydroxylation is 1. The van der Waals surface area contributed by atoms with Crippen LogP contribution in [0.25, 0.3) is 0 Å². The molecule has 7 nitrogen and oxygen atoms in total. The van der Waals surface area contributed by atoms with Gasteiger partial charge < -0.3 is 23.7 Å². The highest BCUT2D eigenvalue weighted by atomic mass is 35.5. The van der Waals surface area contributed by atoms with Crippen molar-refractivity contribution in [1.82, 2.24) is 0 Å². The Labute approximate surface area is 248 Å². The van der Waals surface area contributed by atoms with Crippen LogP contribution < -0.4 is 4.74 Å². The zero-order chi connectivity index (χ0) is 29.7. The second kappa shape index (κ2) is 13.8. The van der Waals surface area contributed by atoms with Gasteiger partial charge in [0, 0.05) is 22.7 Å². The number of aliphatic hydroxyl groups excluding tert-OH is 1. The van der Waals surface area contributed by atoms with Crippen molar-refractivity contribution in [3.63, 3.8) is 0 Å².